The maximum Gasteiger partial charge on any atom is 0.254 e. The third kappa shape index (κ3) is 3.79. The molecule has 1 fully saturated rings. The van der Waals surface area contributed by atoms with Crippen molar-refractivity contribution >= 4 is 16.8 Å². The summed E-state index contributed by atoms with van der Waals surface area (Å²) in [4.78, 5) is 14.9. The summed E-state index contributed by atoms with van der Waals surface area (Å²) in [7, 11) is 0. The lowest BCUT2D eigenvalue weighted by Gasteiger charge is -2.38. The van der Waals surface area contributed by atoms with Crippen LogP contribution in [0.15, 0.2) is 89.6 Å². The predicted molar refractivity (Wildman–Crippen MR) is 125 cm³/mol. The Morgan fingerprint density at radius 2 is 1.76 bits per heavy atom. The van der Waals surface area contributed by atoms with Gasteiger partial charge in [0.05, 0.1) is 17.6 Å². The topological polar surface area (TPSA) is 86.3 Å². The molecule has 6 rings (SSSR count). The van der Waals surface area contributed by atoms with Crippen LogP contribution in [-0.4, -0.2) is 44.0 Å². The predicted octanol–water partition coefficient (Wildman–Crippen LogP) is 4.36. The van der Waals surface area contributed by atoms with Crippen molar-refractivity contribution in [2.75, 3.05) is 13.1 Å². The largest absolute Gasteiger partial charge is 0.487 e. The number of nitrogens with zero attached hydrogens (tertiary/aromatic N) is 5. The molecule has 168 valence electrons. The van der Waals surface area contributed by atoms with E-state index in [0.29, 0.717) is 31.0 Å². The zero-order valence-electron chi connectivity index (χ0n) is 18.2. The molecule has 3 heterocycles. The van der Waals surface area contributed by atoms with E-state index in [1.54, 1.807) is 6.07 Å². The van der Waals surface area contributed by atoms with Gasteiger partial charge in [-0.15, -0.1) is 5.10 Å². The van der Waals surface area contributed by atoms with Crippen LogP contribution in [0.3, 0.4) is 0 Å². The number of hydrogen-bond acceptors (Lipinski definition) is 6. The molecule has 0 saturated carbocycles. The molecule has 1 amide bonds. The molecule has 0 aliphatic carbocycles. The fourth-order valence-electron chi connectivity index (χ4n) is 4.08. The molecule has 0 bridgehead atoms. The van der Waals surface area contributed by atoms with Crippen molar-refractivity contribution in [2.24, 2.45) is 0 Å². The highest BCUT2D eigenvalue weighted by Crippen LogP contribution is 2.30. The Balaban J connectivity index is 1.11. The van der Waals surface area contributed by atoms with Gasteiger partial charge in [-0.2, -0.15) is 0 Å². The molecule has 0 spiro atoms. The Kier molecular flexibility index (Phi) is 5.03. The Hall–Kier alpha value is -4.46. The number of fused-ring (bicyclic) bond motifs is 1. The second-order valence-corrected chi connectivity index (χ2v) is 8.27. The maximum atomic E-state index is 13.1. The number of benzene rings is 3. The van der Waals surface area contributed by atoms with Crippen LogP contribution in [0.4, 0.5) is 0 Å². The van der Waals surface area contributed by atoms with Gasteiger partial charge in [0.1, 0.15) is 23.6 Å². The number of rotatable bonds is 6. The molecule has 1 aliphatic rings. The SMILES string of the molecule is O=C(c1ccc2noc(-c3ccccc3)c2c1)N1CC(n2cc(COc3ccccc3)nn2)C1. The first-order chi connectivity index (χ1) is 16.7. The van der Waals surface area contributed by atoms with Crippen molar-refractivity contribution in [3.63, 3.8) is 0 Å². The summed E-state index contributed by atoms with van der Waals surface area (Å²) in [6, 6.07) is 25.0. The highest BCUT2D eigenvalue weighted by Gasteiger charge is 2.33. The summed E-state index contributed by atoms with van der Waals surface area (Å²) in [6.45, 7) is 1.50. The molecule has 0 radical (unpaired) electrons. The van der Waals surface area contributed by atoms with Crippen LogP contribution in [0.1, 0.15) is 22.1 Å². The highest BCUT2D eigenvalue weighted by atomic mass is 16.5. The molecule has 8 heteroatoms. The van der Waals surface area contributed by atoms with Crippen molar-refractivity contribution in [2.45, 2.75) is 12.6 Å². The second-order valence-electron chi connectivity index (χ2n) is 8.27. The number of para-hydroxylation sites is 1. The summed E-state index contributed by atoms with van der Waals surface area (Å²) < 4.78 is 13.1. The number of aromatic nitrogens is 4. The van der Waals surface area contributed by atoms with Crippen molar-refractivity contribution in [3.05, 3.63) is 96.3 Å². The Morgan fingerprint density at radius 1 is 1.00 bits per heavy atom. The van der Waals surface area contributed by atoms with Gasteiger partial charge in [0.2, 0.25) is 0 Å². The van der Waals surface area contributed by atoms with Gasteiger partial charge in [0.25, 0.3) is 5.91 Å². The molecular weight excluding hydrogens is 430 g/mol. The molecule has 0 atom stereocenters. The van der Waals surface area contributed by atoms with E-state index in [1.165, 1.54) is 0 Å². The molecule has 34 heavy (non-hydrogen) atoms. The Labute approximate surface area is 195 Å². The van der Waals surface area contributed by atoms with Gasteiger partial charge in [0, 0.05) is 24.2 Å². The second kappa shape index (κ2) is 8.47. The first kappa shape index (κ1) is 20.2. The summed E-state index contributed by atoms with van der Waals surface area (Å²) in [5.41, 5.74) is 3.02. The number of ether oxygens (including phenoxy) is 1. The van der Waals surface area contributed by atoms with Crippen molar-refractivity contribution in [1.29, 1.82) is 0 Å². The maximum absolute atomic E-state index is 13.1. The molecule has 2 aromatic heterocycles. The minimum absolute atomic E-state index is 0.0221. The van der Waals surface area contributed by atoms with Crippen LogP contribution >= 0.6 is 0 Å². The van der Waals surface area contributed by atoms with E-state index >= 15 is 0 Å². The van der Waals surface area contributed by atoms with Crippen LogP contribution in [0.2, 0.25) is 0 Å². The van der Waals surface area contributed by atoms with Gasteiger partial charge in [0.15, 0.2) is 5.76 Å². The van der Waals surface area contributed by atoms with E-state index in [4.69, 9.17) is 9.26 Å². The standard InChI is InChI=1S/C26H21N5O3/c32-26(19-11-12-24-23(13-19)25(34-28-24)18-7-3-1-4-8-18)30-15-21(16-30)31-14-20(27-29-31)17-33-22-9-5-2-6-10-22/h1-14,21H,15-17H2. The molecule has 3 aromatic carbocycles. The monoisotopic (exact) mass is 451 g/mol. The molecule has 0 N–H and O–H groups in total. The zero-order chi connectivity index (χ0) is 22.9. The quantitative estimate of drug-likeness (QED) is 0.381. The minimum atomic E-state index is -0.0221. The van der Waals surface area contributed by atoms with Crippen LogP contribution in [0.5, 0.6) is 5.75 Å². The summed E-state index contributed by atoms with van der Waals surface area (Å²) >= 11 is 0. The van der Waals surface area contributed by atoms with Crippen LogP contribution < -0.4 is 4.74 Å². The van der Waals surface area contributed by atoms with Gasteiger partial charge >= 0.3 is 0 Å². The average molecular weight is 451 g/mol. The van der Waals surface area contributed by atoms with Crippen molar-refractivity contribution in [1.82, 2.24) is 25.1 Å². The van der Waals surface area contributed by atoms with Gasteiger partial charge < -0.3 is 14.2 Å². The average Bonchev–Trinajstić information content (AvgIpc) is 3.50. The van der Waals surface area contributed by atoms with Crippen LogP contribution in [0.25, 0.3) is 22.2 Å². The van der Waals surface area contributed by atoms with Crippen molar-refractivity contribution < 1.29 is 14.1 Å². The van der Waals surface area contributed by atoms with E-state index < -0.39 is 0 Å². The van der Waals surface area contributed by atoms with E-state index in [-0.39, 0.29) is 11.9 Å². The minimum Gasteiger partial charge on any atom is -0.487 e. The lowest BCUT2D eigenvalue weighted by atomic mass is 10.0. The molecule has 1 saturated heterocycles. The summed E-state index contributed by atoms with van der Waals surface area (Å²) in [6.07, 6.45) is 1.88. The normalized spacial score (nSPS) is 13.7. The first-order valence-electron chi connectivity index (χ1n) is 11.1. The van der Waals surface area contributed by atoms with Crippen LogP contribution in [-0.2, 0) is 6.61 Å². The van der Waals surface area contributed by atoms with Gasteiger partial charge in [-0.3, -0.25) is 4.79 Å². The number of likely N-dealkylation sites (tertiary alicyclic amines) is 1. The fraction of sp³-hybridized carbons (Fsp3) is 0.154. The molecule has 0 unspecified atom stereocenters. The number of carbonyl (C=O) groups excluding carboxylic acids is 1. The molecule has 5 aromatic rings. The lowest BCUT2D eigenvalue weighted by molar-refractivity contribution is 0.0498. The summed E-state index contributed by atoms with van der Waals surface area (Å²) in [5, 5.41) is 13.4. The van der Waals surface area contributed by atoms with Crippen molar-refractivity contribution in [3.8, 4) is 17.1 Å². The molecule has 8 nitrogen and oxygen atoms in total. The molecule has 1 aliphatic heterocycles. The van der Waals surface area contributed by atoms with Gasteiger partial charge in [-0.1, -0.05) is 58.9 Å². The Bertz CT molecular complexity index is 1440. The Morgan fingerprint density at radius 3 is 2.56 bits per heavy atom. The van der Waals surface area contributed by atoms with E-state index in [0.717, 1.165) is 27.9 Å². The zero-order valence-corrected chi connectivity index (χ0v) is 18.2. The highest BCUT2D eigenvalue weighted by molar-refractivity contribution is 6.01. The van der Waals surface area contributed by atoms with Gasteiger partial charge in [-0.25, -0.2) is 4.68 Å². The smallest absolute Gasteiger partial charge is 0.254 e. The number of hydrogen-bond donors (Lipinski definition) is 0. The first-order valence-corrected chi connectivity index (χ1v) is 11.1. The summed E-state index contributed by atoms with van der Waals surface area (Å²) in [5.74, 6) is 1.43. The third-order valence-corrected chi connectivity index (χ3v) is 5.97. The number of amides is 1. The fourth-order valence-corrected chi connectivity index (χ4v) is 4.08. The lowest BCUT2D eigenvalue weighted by Crippen LogP contribution is -2.50. The van der Waals surface area contributed by atoms with Gasteiger partial charge in [-0.05, 0) is 30.3 Å². The third-order valence-electron chi connectivity index (χ3n) is 5.97. The van der Waals surface area contributed by atoms with E-state index in [2.05, 4.69) is 15.5 Å². The van der Waals surface area contributed by atoms with Crippen LogP contribution in [0, 0.1) is 0 Å². The molecular formula is C26H21N5O3. The van der Waals surface area contributed by atoms with E-state index in [9.17, 15) is 4.79 Å². The number of carbonyl (C=O) groups is 1. The van der Waals surface area contributed by atoms with E-state index in [1.807, 2.05) is 88.6 Å².